The molecule has 2 nitrogen and oxygen atoms in total. The average molecular weight is 230 g/mol. The summed E-state index contributed by atoms with van der Waals surface area (Å²) in [7, 11) is 0. The summed E-state index contributed by atoms with van der Waals surface area (Å²) in [6.07, 6.45) is 7.33. The van der Waals surface area contributed by atoms with Gasteiger partial charge < -0.3 is 5.11 Å². The lowest BCUT2D eigenvalue weighted by Crippen LogP contribution is -2.37. The molecule has 0 bridgehead atoms. The maximum atomic E-state index is 11.9. The molecule has 90 valence electrons. The maximum absolute atomic E-state index is 11.9. The Morgan fingerprint density at radius 2 is 1.82 bits per heavy atom. The second-order valence-corrected chi connectivity index (χ2v) is 5.13. The van der Waals surface area contributed by atoms with E-state index in [0.717, 1.165) is 16.7 Å². The minimum absolute atomic E-state index is 0.228. The number of carbonyl (C=O) groups is 1. The van der Waals surface area contributed by atoms with Crippen LogP contribution in [-0.4, -0.2) is 16.5 Å². The van der Waals surface area contributed by atoms with Gasteiger partial charge in [0, 0.05) is 0 Å². The largest absolute Gasteiger partial charge is 0.373 e. The van der Waals surface area contributed by atoms with Crippen LogP contribution in [0.5, 0.6) is 0 Å². The van der Waals surface area contributed by atoms with Crippen molar-refractivity contribution in [1.29, 1.82) is 0 Å². The summed E-state index contributed by atoms with van der Waals surface area (Å²) in [5, 5.41) is 10.6. The van der Waals surface area contributed by atoms with Crippen LogP contribution in [0.2, 0.25) is 0 Å². The van der Waals surface area contributed by atoms with Gasteiger partial charge >= 0.3 is 0 Å². The van der Waals surface area contributed by atoms with Crippen LogP contribution >= 0.6 is 0 Å². The molecule has 1 atom stereocenters. The second-order valence-electron chi connectivity index (χ2n) is 5.13. The third kappa shape index (κ3) is 1.64. The van der Waals surface area contributed by atoms with Gasteiger partial charge in [0.15, 0.2) is 11.4 Å². The highest BCUT2D eigenvalue weighted by atomic mass is 16.3. The van der Waals surface area contributed by atoms with Crippen molar-refractivity contribution in [1.82, 2.24) is 0 Å². The number of rotatable bonds is 1. The molecule has 2 rings (SSSR count). The standard InChI is InChI=1S/C15H18O2/c1-9(2)12-6-5-11(4)15(17)13(8-12)10(3)7-14(15)16/h5-9,17H,1-4H3. The van der Waals surface area contributed by atoms with Crippen LogP contribution in [0.3, 0.4) is 0 Å². The van der Waals surface area contributed by atoms with E-state index < -0.39 is 5.60 Å². The molecule has 1 N–H and O–H groups in total. The number of allylic oxidation sites excluding steroid dienone is 4. The number of fused-ring (bicyclic) bond motifs is 1. The van der Waals surface area contributed by atoms with Crippen molar-refractivity contribution in [2.75, 3.05) is 0 Å². The molecule has 0 fully saturated rings. The summed E-state index contributed by atoms with van der Waals surface area (Å²) in [6.45, 7) is 7.88. The van der Waals surface area contributed by atoms with Crippen LogP contribution in [0.25, 0.3) is 0 Å². The number of hydrogen-bond acceptors (Lipinski definition) is 2. The zero-order valence-electron chi connectivity index (χ0n) is 10.7. The Labute approximate surface area is 102 Å². The number of aliphatic hydroxyl groups is 1. The molecule has 2 heteroatoms. The van der Waals surface area contributed by atoms with Crippen LogP contribution < -0.4 is 0 Å². The molecule has 2 aliphatic rings. The summed E-state index contributed by atoms with van der Waals surface area (Å²) in [5.41, 5.74) is 1.99. The van der Waals surface area contributed by atoms with E-state index in [-0.39, 0.29) is 5.78 Å². The van der Waals surface area contributed by atoms with E-state index in [9.17, 15) is 9.90 Å². The molecular weight excluding hydrogens is 212 g/mol. The van der Waals surface area contributed by atoms with Crippen molar-refractivity contribution in [2.45, 2.75) is 33.3 Å². The summed E-state index contributed by atoms with van der Waals surface area (Å²) in [5.74, 6) is 0.144. The summed E-state index contributed by atoms with van der Waals surface area (Å²) >= 11 is 0. The quantitative estimate of drug-likeness (QED) is 0.752. The zero-order valence-corrected chi connectivity index (χ0v) is 10.7. The van der Waals surface area contributed by atoms with Gasteiger partial charge in [-0.05, 0) is 48.1 Å². The first-order valence-corrected chi connectivity index (χ1v) is 5.94. The van der Waals surface area contributed by atoms with Gasteiger partial charge in [0.25, 0.3) is 0 Å². The number of ketones is 1. The molecule has 0 saturated carbocycles. The van der Waals surface area contributed by atoms with Gasteiger partial charge in [-0.1, -0.05) is 32.1 Å². The molecule has 0 aliphatic heterocycles. The van der Waals surface area contributed by atoms with E-state index >= 15 is 0 Å². The lowest BCUT2D eigenvalue weighted by Gasteiger charge is -2.24. The van der Waals surface area contributed by atoms with Crippen LogP contribution in [0, 0.1) is 5.92 Å². The van der Waals surface area contributed by atoms with Gasteiger partial charge in [-0.2, -0.15) is 0 Å². The molecule has 0 heterocycles. The first-order valence-electron chi connectivity index (χ1n) is 5.94. The van der Waals surface area contributed by atoms with Crippen molar-refractivity contribution in [2.24, 2.45) is 5.92 Å². The first kappa shape index (κ1) is 12.1. The van der Waals surface area contributed by atoms with Crippen LogP contribution in [0.15, 0.2) is 46.6 Å². The fourth-order valence-electron chi connectivity index (χ4n) is 2.34. The molecule has 1 unspecified atom stereocenters. The fourth-order valence-corrected chi connectivity index (χ4v) is 2.34. The van der Waals surface area contributed by atoms with Gasteiger partial charge in [-0.15, -0.1) is 0 Å². The molecule has 0 aromatic carbocycles. The monoisotopic (exact) mass is 230 g/mol. The molecule has 17 heavy (non-hydrogen) atoms. The van der Waals surface area contributed by atoms with Crippen LogP contribution in [0.4, 0.5) is 0 Å². The predicted octanol–water partition coefficient (Wildman–Crippen LogP) is 2.72. The minimum Gasteiger partial charge on any atom is -0.373 e. The van der Waals surface area contributed by atoms with Crippen LogP contribution in [-0.2, 0) is 4.79 Å². The van der Waals surface area contributed by atoms with Crippen molar-refractivity contribution >= 4 is 5.78 Å². The Morgan fingerprint density at radius 3 is 2.41 bits per heavy atom. The summed E-state index contributed by atoms with van der Waals surface area (Å²) < 4.78 is 0. The molecule has 0 saturated heterocycles. The molecule has 0 spiro atoms. The highest BCUT2D eigenvalue weighted by molar-refractivity contribution is 6.08. The molecule has 2 aliphatic carbocycles. The normalized spacial score (nSPS) is 28.2. The van der Waals surface area contributed by atoms with E-state index in [1.54, 1.807) is 6.92 Å². The minimum atomic E-state index is -1.43. The Hall–Kier alpha value is -1.41. The Morgan fingerprint density at radius 1 is 1.18 bits per heavy atom. The van der Waals surface area contributed by atoms with E-state index in [0.29, 0.717) is 11.5 Å². The Bertz CT molecular complexity index is 501. The number of hydrogen-bond donors (Lipinski definition) is 1. The van der Waals surface area contributed by atoms with Crippen molar-refractivity contribution in [3.8, 4) is 0 Å². The number of carbonyl (C=O) groups excluding carboxylic acids is 1. The van der Waals surface area contributed by atoms with Gasteiger partial charge in [0.05, 0.1) is 0 Å². The van der Waals surface area contributed by atoms with E-state index in [1.807, 2.05) is 25.2 Å². The summed E-state index contributed by atoms with van der Waals surface area (Å²) in [6, 6.07) is 0. The van der Waals surface area contributed by atoms with Gasteiger partial charge in [-0.3, -0.25) is 4.79 Å². The smallest absolute Gasteiger partial charge is 0.196 e. The lowest BCUT2D eigenvalue weighted by atomic mass is 9.85. The second kappa shape index (κ2) is 3.81. The first-order chi connectivity index (χ1) is 7.87. The Balaban J connectivity index is 2.63. The van der Waals surface area contributed by atoms with Gasteiger partial charge in [0.1, 0.15) is 0 Å². The molecule has 0 amide bonds. The van der Waals surface area contributed by atoms with Gasteiger partial charge in [-0.25, -0.2) is 0 Å². The average Bonchev–Trinajstić information content (AvgIpc) is 2.40. The highest BCUT2D eigenvalue weighted by Gasteiger charge is 2.45. The fraction of sp³-hybridized carbons (Fsp3) is 0.400. The van der Waals surface area contributed by atoms with Crippen LogP contribution in [0.1, 0.15) is 27.7 Å². The zero-order chi connectivity index (χ0) is 12.8. The topological polar surface area (TPSA) is 37.3 Å². The van der Waals surface area contributed by atoms with Gasteiger partial charge in [0.2, 0.25) is 0 Å². The third-order valence-corrected chi connectivity index (χ3v) is 3.59. The lowest BCUT2D eigenvalue weighted by molar-refractivity contribution is -0.124. The highest BCUT2D eigenvalue weighted by Crippen LogP contribution is 2.40. The van der Waals surface area contributed by atoms with Crippen molar-refractivity contribution in [3.63, 3.8) is 0 Å². The van der Waals surface area contributed by atoms with Crippen molar-refractivity contribution in [3.05, 3.63) is 46.6 Å². The van der Waals surface area contributed by atoms with E-state index in [1.165, 1.54) is 6.08 Å². The maximum Gasteiger partial charge on any atom is 0.196 e. The predicted molar refractivity (Wildman–Crippen MR) is 68.5 cm³/mol. The van der Waals surface area contributed by atoms with E-state index in [4.69, 9.17) is 0 Å². The molecule has 0 radical (unpaired) electrons. The van der Waals surface area contributed by atoms with E-state index in [2.05, 4.69) is 13.8 Å². The molecule has 0 aromatic heterocycles. The molecular formula is C15H18O2. The SMILES string of the molecule is CC1=CC(=O)C2(O)C(C)=CC=C(C(C)C)C=C12. The Kier molecular flexibility index (Phi) is 2.70. The van der Waals surface area contributed by atoms with Crippen molar-refractivity contribution < 1.29 is 9.90 Å². The third-order valence-electron chi connectivity index (χ3n) is 3.59. The molecule has 0 aromatic rings. The summed E-state index contributed by atoms with van der Waals surface area (Å²) in [4.78, 5) is 11.9.